The normalized spacial score (nSPS) is 12.3. The fourth-order valence-corrected chi connectivity index (χ4v) is 1.75. The lowest BCUT2D eigenvalue weighted by Crippen LogP contribution is -2.14. The SMILES string of the molecule is OC(CNc1cc(F)c(F)c(F)c1)c1ccc(F)cc1F. The van der Waals surface area contributed by atoms with E-state index in [1.54, 1.807) is 0 Å². The van der Waals surface area contributed by atoms with Crippen molar-refractivity contribution in [2.45, 2.75) is 6.10 Å². The summed E-state index contributed by atoms with van der Waals surface area (Å²) in [5.41, 5.74) is -0.292. The molecule has 1 unspecified atom stereocenters. The number of halogens is 5. The van der Waals surface area contributed by atoms with E-state index in [1.807, 2.05) is 0 Å². The highest BCUT2D eigenvalue weighted by Crippen LogP contribution is 2.21. The van der Waals surface area contributed by atoms with Gasteiger partial charge < -0.3 is 10.4 Å². The van der Waals surface area contributed by atoms with E-state index in [0.717, 1.165) is 12.1 Å². The highest BCUT2D eigenvalue weighted by atomic mass is 19.2. The summed E-state index contributed by atoms with van der Waals surface area (Å²) in [5.74, 6) is -6.12. The first-order valence-electron chi connectivity index (χ1n) is 5.90. The van der Waals surface area contributed by atoms with Crippen LogP contribution in [0.1, 0.15) is 11.7 Å². The van der Waals surface area contributed by atoms with Crippen molar-refractivity contribution in [3.63, 3.8) is 0 Å². The van der Waals surface area contributed by atoms with Crippen LogP contribution in [-0.2, 0) is 0 Å². The first-order chi connectivity index (χ1) is 9.88. The van der Waals surface area contributed by atoms with Gasteiger partial charge in [-0.2, -0.15) is 0 Å². The lowest BCUT2D eigenvalue weighted by Gasteiger charge is -2.14. The summed E-state index contributed by atoms with van der Waals surface area (Å²) in [4.78, 5) is 0. The van der Waals surface area contributed by atoms with Gasteiger partial charge in [-0.1, -0.05) is 6.07 Å². The largest absolute Gasteiger partial charge is 0.386 e. The number of nitrogens with one attached hydrogen (secondary N) is 1. The monoisotopic (exact) mass is 303 g/mol. The van der Waals surface area contributed by atoms with E-state index in [9.17, 15) is 27.1 Å². The molecular formula is C14H10F5NO. The molecule has 0 heterocycles. The maximum Gasteiger partial charge on any atom is 0.194 e. The number of rotatable bonds is 4. The Labute approximate surface area is 116 Å². The van der Waals surface area contributed by atoms with Gasteiger partial charge in [-0.15, -0.1) is 0 Å². The Balaban J connectivity index is 2.09. The first-order valence-corrected chi connectivity index (χ1v) is 5.90. The lowest BCUT2D eigenvalue weighted by atomic mass is 10.1. The summed E-state index contributed by atoms with van der Waals surface area (Å²) < 4.78 is 64.8. The van der Waals surface area contributed by atoms with Crippen molar-refractivity contribution in [2.75, 3.05) is 11.9 Å². The minimum absolute atomic E-state index is 0.118. The number of aliphatic hydroxyl groups is 1. The third kappa shape index (κ3) is 3.49. The second kappa shape index (κ2) is 6.09. The van der Waals surface area contributed by atoms with E-state index in [0.29, 0.717) is 18.2 Å². The molecule has 0 fully saturated rings. The fourth-order valence-electron chi connectivity index (χ4n) is 1.75. The second-order valence-electron chi connectivity index (χ2n) is 4.32. The standard InChI is InChI=1S/C14H10F5NO/c15-7-1-2-9(10(16)3-7)13(21)6-20-8-4-11(17)14(19)12(18)5-8/h1-5,13,20-21H,6H2. The van der Waals surface area contributed by atoms with Crippen molar-refractivity contribution in [2.24, 2.45) is 0 Å². The van der Waals surface area contributed by atoms with E-state index in [-0.39, 0.29) is 17.8 Å². The molecule has 0 aliphatic heterocycles. The molecule has 2 N–H and O–H groups in total. The summed E-state index contributed by atoms with van der Waals surface area (Å²) in [6.07, 6.45) is -1.37. The Morgan fingerprint density at radius 2 is 1.52 bits per heavy atom. The highest BCUT2D eigenvalue weighted by molar-refractivity contribution is 5.44. The van der Waals surface area contributed by atoms with Crippen LogP contribution in [0.3, 0.4) is 0 Å². The van der Waals surface area contributed by atoms with Gasteiger partial charge in [-0.05, 0) is 6.07 Å². The van der Waals surface area contributed by atoms with Crippen LogP contribution < -0.4 is 5.32 Å². The van der Waals surface area contributed by atoms with E-state index in [4.69, 9.17) is 0 Å². The van der Waals surface area contributed by atoms with Gasteiger partial charge in [-0.25, -0.2) is 22.0 Å². The molecule has 2 nitrogen and oxygen atoms in total. The van der Waals surface area contributed by atoms with Gasteiger partial charge in [0, 0.05) is 36.0 Å². The molecule has 2 aromatic carbocycles. The van der Waals surface area contributed by atoms with E-state index in [2.05, 4.69) is 5.32 Å². The molecule has 0 aliphatic rings. The quantitative estimate of drug-likeness (QED) is 0.669. The molecule has 0 spiro atoms. The molecule has 0 aromatic heterocycles. The highest BCUT2D eigenvalue weighted by Gasteiger charge is 2.15. The average Bonchev–Trinajstić information content (AvgIpc) is 2.42. The molecule has 21 heavy (non-hydrogen) atoms. The zero-order valence-electron chi connectivity index (χ0n) is 10.5. The summed E-state index contributed by atoms with van der Waals surface area (Å²) in [6, 6.07) is 4.04. The van der Waals surface area contributed by atoms with Crippen LogP contribution in [0.5, 0.6) is 0 Å². The van der Waals surface area contributed by atoms with Gasteiger partial charge in [0.1, 0.15) is 11.6 Å². The molecule has 0 saturated carbocycles. The summed E-state index contributed by atoms with van der Waals surface area (Å²) in [5, 5.41) is 12.2. The average molecular weight is 303 g/mol. The van der Waals surface area contributed by atoms with Crippen molar-refractivity contribution in [3.05, 3.63) is 65.0 Å². The molecule has 0 bridgehead atoms. The number of benzene rings is 2. The van der Waals surface area contributed by atoms with Crippen LogP contribution in [0, 0.1) is 29.1 Å². The number of hydrogen-bond donors (Lipinski definition) is 2. The predicted octanol–water partition coefficient (Wildman–Crippen LogP) is 3.53. The molecular weight excluding hydrogens is 293 g/mol. The second-order valence-corrected chi connectivity index (χ2v) is 4.32. The zero-order chi connectivity index (χ0) is 15.6. The molecule has 7 heteroatoms. The van der Waals surface area contributed by atoms with E-state index < -0.39 is 35.2 Å². The molecule has 0 saturated heterocycles. The molecule has 0 amide bonds. The fraction of sp³-hybridized carbons (Fsp3) is 0.143. The van der Waals surface area contributed by atoms with Gasteiger partial charge >= 0.3 is 0 Å². The Kier molecular flexibility index (Phi) is 4.42. The van der Waals surface area contributed by atoms with Crippen LogP contribution in [0.4, 0.5) is 27.6 Å². The number of hydrogen-bond acceptors (Lipinski definition) is 2. The minimum Gasteiger partial charge on any atom is -0.386 e. The van der Waals surface area contributed by atoms with Crippen molar-refractivity contribution in [1.82, 2.24) is 0 Å². The molecule has 0 aliphatic carbocycles. The van der Waals surface area contributed by atoms with E-state index >= 15 is 0 Å². The van der Waals surface area contributed by atoms with Crippen LogP contribution in [0.25, 0.3) is 0 Å². The number of anilines is 1. The predicted molar refractivity (Wildman–Crippen MR) is 66.1 cm³/mol. The van der Waals surface area contributed by atoms with Crippen molar-refractivity contribution in [3.8, 4) is 0 Å². The summed E-state index contributed by atoms with van der Waals surface area (Å²) in [6.45, 7) is -0.299. The summed E-state index contributed by atoms with van der Waals surface area (Å²) >= 11 is 0. The van der Waals surface area contributed by atoms with Crippen molar-refractivity contribution in [1.29, 1.82) is 0 Å². The van der Waals surface area contributed by atoms with Crippen LogP contribution in [-0.4, -0.2) is 11.7 Å². The molecule has 2 rings (SSSR count). The molecule has 112 valence electrons. The molecule has 1 atom stereocenters. The maximum atomic E-state index is 13.4. The van der Waals surface area contributed by atoms with Crippen LogP contribution in [0.15, 0.2) is 30.3 Å². The van der Waals surface area contributed by atoms with Gasteiger partial charge in [0.2, 0.25) is 0 Å². The van der Waals surface area contributed by atoms with E-state index in [1.165, 1.54) is 0 Å². The Bertz CT molecular complexity index is 639. The Morgan fingerprint density at radius 1 is 0.905 bits per heavy atom. The Hall–Kier alpha value is -2.15. The first kappa shape index (κ1) is 15.2. The maximum absolute atomic E-state index is 13.4. The van der Waals surface area contributed by atoms with Crippen molar-refractivity contribution >= 4 is 5.69 Å². The van der Waals surface area contributed by atoms with Gasteiger partial charge in [-0.3, -0.25) is 0 Å². The minimum atomic E-state index is -1.61. The lowest BCUT2D eigenvalue weighted by molar-refractivity contribution is 0.186. The third-order valence-corrected chi connectivity index (χ3v) is 2.80. The number of aliphatic hydroxyl groups excluding tert-OH is 1. The summed E-state index contributed by atoms with van der Waals surface area (Å²) in [7, 11) is 0. The van der Waals surface area contributed by atoms with Gasteiger partial charge in [0.15, 0.2) is 17.5 Å². The third-order valence-electron chi connectivity index (χ3n) is 2.80. The topological polar surface area (TPSA) is 32.3 Å². The van der Waals surface area contributed by atoms with Gasteiger partial charge in [0.25, 0.3) is 0 Å². The Morgan fingerprint density at radius 3 is 2.10 bits per heavy atom. The van der Waals surface area contributed by atoms with Crippen LogP contribution in [0.2, 0.25) is 0 Å². The molecule has 0 radical (unpaired) electrons. The van der Waals surface area contributed by atoms with Gasteiger partial charge in [0.05, 0.1) is 6.10 Å². The van der Waals surface area contributed by atoms with Crippen LogP contribution >= 0.6 is 0 Å². The smallest absolute Gasteiger partial charge is 0.194 e. The molecule has 2 aromatic rings. The van der Waals surface area contributed by atoms with Crippen molar-refractivity contribution < 1.29 is 27.1 Å². The zero-order valence-corrected chi connectivity index (χ0v) is 10.5.